The Morgan fingerprint density at radius 3 is 2.55 bits per heavy atom. The summed E-state index contributed by atoms with van der Waals surface area (Å²) in [5, 5.41) is 2.09. The van der Waals surface area contributed by atoms with Gasteiger partial charge in [0.15, 0.2) is 11.5 Å². The Kier molecular flexibility index (Phi) is 4.03. The Morgan fingerprint density at radius 1 is 1.30 bits per heavy atom. The molecule has 0 aromatic heterocycles. The minimum Gasteiger partial charge on any atom is -0.486 e. The van der Waals surface area contributed by atoms with Gasteiger partial charge < -0.3 is 15.2 Å². The molecule has 0 fully saturated rings. The Hall–Kier alpha value is -1.96. The Balaban J connectivity index is 2.19. The number of carbonyl (C=O) groups is 1. The number of alkyl halides is 3. The summed E-state index contributed by atoms with van der Waals surface area (Å²) >= 11 is 0. The molecule has 1 aromatic rings. The lowest BCUT2D eigenvalue weighted by molar-refractivity contribution is -0.130. The van der Waals surface area contributed by atoms with Gasteiger partial charge in [-0.3, -0.25) is 10.1 Å². The largest absolute Gasteiger partial charge is 0.486 e. The lowest BCUT2D eigenvalue weighted by Crippen LogP contribution is -2.39. The van der Waals surface area contributed by atoms with Gasteiger partial charge in [0.1, 0.15) is 19.3 Å². The first-order valence-electron chi connectivity index (χ1n) is 5.86. The van der Waals surface area contributed by atoms with E-state index in [1.165, 1.54) is 18.2 Å². The van der Waals surface area contributed by atoms with Crippen molar-refractivity contribution < 1.29 is 27.4 Å². The van der Waals surface area contributed by atoms with Gasteiger partial charge >= 0.3 is 6.18 Å². The Bertz CT molecular complexity index is 505. The summed E-state index contributed by atoms with van der Waals surface area (Å²) in [4.78, 5) is 11.3. The van der Waals surface area contributed by atoms with Crippen LogP contribution in [-0.4, -0.2) is 31.8 Å². The van der Waals surface area contributed by atoms with Crippen molar-refractivity contribution in [1.82, 2.24) is 5.32 Å². The van der Waals surface area contributed by atoms with E-state index in [0.717, 1.165) is 0 Å². The summed E-state index contributed by atoms with van der Waals surface area (Å²) in [5.74, 6) is -0.0289. The van der Waals surface area contributed by atoms with Crippen LogP contribution in [0.15, 0.2) is 18.2 Å². The number of nitrogens with one attached hydrogen (secondary N) is 1. The predicted molar refractivity (Wildman–Crippen MR) is 63.4 cm³/mol. The number of amides is 1. The van der Waals surface area contributed by atoms with Gasteiger partial charge in [-0.15, -0.1) is 0 Å². The molecule has 1 atom stereocenters. The van der Waals surface area contributed by atoms with E-state index < -0.39 is 24.7 Å². The number of halogens is 3. The van der Waals surface area contributed by atoms with E-state index in [-0.39, 0.29) is 0 Å². The van der Waals surface area contributed by atoms with E-state index in [2.05, 4.69) is 5.32 Å². The quantitative estimate of drug-likeness (QED) is 0.872. The van der Waals surface area contributed by atoms with Crippen molar-refractivity contribution in [2.24, 2.45) is 5.73 Å². The van der Waals surface area contributed by atoms with E-state index in [9.17, 15) is 18.0 Å². The van der Waals surface area contributed by atoms with Crippen molar-refractivity contribution in [3.63, 3.8) is 0 Å². The molecule has 8 heteroatoms. The Morgan fingerprint density at radius 2 is 1.95 bits per heavy atom. The normalized spacial score (nSPS) is 15.8. The molecule has 0 saturated carbocycles. The zero-order valence-electron chi connectivity index (χ0n) is 10.4. The number of nitrogens with two attached hydrogens (primary N) is 1. The van der Waals surface area contributed by atoms with Crippen molar-refractivity contribution >= 4 is 5.91 Å². The van der Waals surface area contributed by atoms with E-state index in [1.807, 2.05) is 0 Å². The smallest absolute Gasteiger partial charge is 0.401 e. The van der Waals surface area contributed by atoms with Gasteiger partial charge in [-0.25, -0.2) is 0 Å². The number of primary amides is 1. The number of fused-ring (bicyclic) bond motifs is 1. The fourth-order valence-electron chi connectivity index (χ4n) is 1.84. The average Bonchev–Trinajstić information content (AvgIpc) is 2.37. The summed E-state index contributed by atoms with van der Waals surface area (Å²) in [6.07, 6.45) is -4.43. The maximum atomic E-state index is 12.2. The third-order valence-electron chi connectivity index (χ3n) is 2.69. The van der Waals surface area contributed by atoms with Crippen LogP contribution in [0.25, 0.3) is 0 Å². The molecule has 1 aliphatic heterocycles. The molecular formula is C12H13F3N2O3. The number of hydrogen-bond donors (Lipinski definition) is 2. The van der Waals surface area contributed by atoms with Crippen LogP contribution in [0.5, 0.6) is 11.5 Å². The van der Waals surface area contributed by atoms with Gasteiger partial charge in [0, 0.05) is 0 Å². The maximum absolute atomic E-state index is 12.2. The van der Waals surface area contributed by atoms with Crippen molar-refractivity contribution in [3.8, 4) is 11.5 Å². The molecule has 1 amide bonds. The Labute approximate surface area is 112 Å². The van der Waals surface area contributed by atoms with Crippen LogP contribution < -0.4 is 20.5 Å². The van der Waals surface area contributed by atoms with Gasteiger partial charge in [-0.05, 0) is 17.7 Å². The van der Waals surface area contributed by atoms with E-state index >= 15 is 0 Å². The maximum Gasteiger partial charge on any atom is 0.401 e. The van der Waals surface area contributed by atoms with E-state index in [0.29, 0.717) is 30.3 Å². The summed E-state index contributed by atoms with van der Waals surface area (Å²) in [5.41, 5.74) is 5.43. The molecule has 3 N–H and O–H groups in total. The third kappa shape index (κ3) is 3.53. The highest BCUT2D eigenvalue weighted by Crippen LogP contribution is 2.32. The van der Waals surface area contributed by atoms with Crippen LogP contribution in [0.4, 0.5) is 13.2 Å². The first-order valence-corrected chi connectivity index (χ1v) is 5.86. The molecule has 1 heterocycles. The predicted octanol–water partition coefficient (Wildman–Crippen LogP) is 1.14. The van der Waals surface area contributed by atoms with Crippen molar-refractivity contribution in [2.45, 2.75) is 12.2 Å². The second-order valence-electron chi connectivity index (χ2n) is 4.23. The van der Waals surface area contributed by atoms with Crippen LogP contribution in [0.2, 0.25) is 0 Å². The second kappa shape index (κ2) is 5.58. The summed E-state index contributed by atoms with van der Waals surface area (Å²) in [6, 6.07) is 3.22. The number of carbonyl (C=O) groups excluding carboxylic acids is 1. The zero-order chi connectivity index (χ0) is 14.8. The molecule has 0 spiro atoms. The van der Waals surface area contributed by atoms with Crippen LogP contribution in [0.1, 0.15) is 11.6 Å². The third-order valence-corrected chi connectivity index (χ3v) is 2.69. The number of benzene rings is 1. The molecule has 0 saturated heterocycles. The summed E-state index contributed by atoms with van der Waals surface area (Å²) < 4.78 is 47.2. The highest BCUT2D eigenvalue weighted by Gasteiger charge is 2.30. The highest BCUT2D eigenvalue weighted by molar-refractivity contribution is 5.81. The first-order chi connectivity index (χ1) is 9.37. The lowest BCUT2D eigenvalue weighted by atomic mass is 10.1. The minimum atomic E-state index is -4.43. The SMILES string of the molecule is NC(=O)C(NCC(F)(F)F)c1ccc2c(c1)OCCO2. The van der Waals surface area contributed by atoms with E-state index in [1.54, 1.807) is 0 Å². The zero-order valence-corrected chi connectivity index (χ0v) is 10.4. The minimum absolute atomic E-state index is 0.297. The van der Waals surface area contributed by atoms with Crippen molar-refractivity contribution in [1.29, 1.82) is 0 Å². The van der Waals surface area contributed by atoms with Gasteiger partial charge in [0.2, 0.25) is 5.91 Å². The van der Waals surface area contributed by atoms with Crippen LogP contribution in [0.3, 0.4) is 0 Å². The van der Waals surface area contributed by atoms with Crippen molar-refractivity contribution in [3.05, 3.63) is 23.8 Å². The molecule has 1 aromatic carbocycles. The van der Waals surface area contributed by atoms with Crippen LogP contribution >= 0.6 is 0 Å². The topological polar surface area (TPSA) is 73.6 Å². The van der Waals surface area contributed by atoms with Gasteiger partial charge in [-0.2, -0.15) is 13.2 Å². The second-order valence-corrected chi connectivity index (χ2v) is 4.23. The fourth-order valence-corrected chi connectivity index (χ4v) is 1.84. The molecule has 2 rings (SSSR count). The van der Waals surface area contributed by atoms with Crippen molar-refractivity contribution in [2.75, 3.05) is 19.8 Å². The molecule has 1 unspecified atom stereocenters. The van der Waals surface area contributed by atoms with Crippen LogP contribution in [0, 0.1) is 0 Å². The molecule has 110 valence electrons. The van der Waals surface area contributed by atoms with E-state index in [4.69, 9.17) is 15.2 Å². The molecule has 20 heavy (non-hydrogen) atoms. The molecule has 0 aliphatic carbocycles. The van der Waals surface area contributed by atoms with Gasteiger partial charge in [0.05, 0.1) is 6.54 Å². The number of rotatable bonds is 4. The molecule has 5 nitrogen and oxygen atoms in total. The van der Waals surface area contributed by atoms with Gasteiger partial charge in [0.25, 0.3) is 0 Å². The highest BCUT2D eigenvalue weighted by atomic mass is 19.4. The lowest BCUT2D eigenvalue weighted by Gasteiger charge is -2.21. The summed E-state index contributed by atoms with van der Waals surface area (Å²) in [6.45, 7) is -0.569. The molecule has 0 radical (unpaired) electrons. The first kappa shape index (κ1) is 14.4. The monoisotopic (exact) mass is 290 g/mol. The standard InChI is InChI=1S/C12H13F3N2O3/c13-12(14,15)6-17-10(11(16)18)7-1-2-8-9(5-7)20-4-3-19-8/h1-2,5,10,17H,3-4,6H2,(H2,16,18). The molecular weight excluding hydrogens is 277 g/mol. The van der Waals surface area contributed by atoms with Gasteiger partial charge in [-0.1, -0.05) is 6.07 Å². The molecule has 1 aliphatic rings. The summed E-state index contributed by atoms with van der Waals surface area (Å²) in [7, 11) is 0. The van der Waals surface area contributed by atoms with Crippen LogP contribution in [-0.2, 0) is 4.79 Å². The number of ether oxygens (including phenoxy) is 2. The average molecular weight is 290 g/mol. The number of hydrogen-bond acceptors (Lipinski definition) is 4. The molecule has 0 bridgehead atoms. The fraction of sp³-hybridized carbons (Fsp3) is 0.417.